The minimum Gasteiger partial charge on any atom is -0.399 e. The highest BCUT2D eigenvalue weighted by molar-refractivity contribution is 6.31. The van der Waals surface area contributed by atoms with Crippen LogP contribution in [0.15, 0.2) is 36.4 Å². The summed E-state index contributed by atoms with van der Waals surface area (Å²) in [6, 6.07) is 10.6. The molecule has 4 heteroatoms. The molecule has 0 bridgehead atoms. The van der Waals surface area contributed by atoms with Crippen LogP contribution in [0.1, 0.15) is 21.5 Å². The quantitative estimate of drug-likeness (QED) is 0.819. The number of aryl methyl sites for hydroxylation is 2. The molecule has 0 atom stereocenters. The summed E-state index contributed by atoms with van der Waals surface area (Å²) in [5, 5.41) is 3.40. The Kier molecular flexibility index (Phi) is 3.76. The number of hydrogen-bond acceptors (Lipinski definition) is 2. The van der Waals surface area contributed by atoms with Crippen molar-refractivity contribution in [2.24, 2.45) is 0 Å². The molecule has 19 heavy (non-hydrogen) atoms. The second kappa shape index (κ2) is 5.33. The Morgan fingerprint density at radius 3 is 2.47 bits per heavy atom. The first kappa shape index (κ1) is 13.4. The molecule has 0 aliphatic heterocycles. The number of nitrogen functional groups attached to an aromatic ring is 1. The van der Waals surface area contributed by atoms with E-state index in [1.54, 1.807) is 24.3 Å². The molecule has 3 nitrogen and oxygen atoms in total. The molecular weight excluding hydrogens is 260 g/mol. The normalized spacial score (nSPS) is 10.3. The second-order valence-corrected chi connectivity index (χ2v) is 4.90. The smallest absolute Gasteiger partial charge is 0.255 e. The van der Waals surface area contributed by atoms with Gasteiger partial charge < -0.3 is 11.1 Å². The number of amides is 1. The van der Waals surface area contributed by atoms with Gasteiger partial charge >= 0.3 is 0 Å². The van der Waals surface area contributed by atoms with E-state index in [1.165, 1.54) is 0 Å². The molecule has 0 saturated carbocycles. The monoisotopic (exact) mass is 274 g/mol. The molecule has 2 aromatic rings. The van der Waals surface area contributed by atoms with Crippen LogP contribution in [0, 0.1) is 13.8 Å². The van der Waals surface area contributed by atoms with Crippen molar-refractivity contribution in [1.82, 2.24) is 0 Å². The van der Waals surface area contributed by atoms with E-state index in [9.17, 15) is 4.79 Å². The minimum absolute atomic E-state index is 0.189. The summed E-state index contributed by atoms with van der Waals surface area (Å²) in [7, 11) is 0. The third-order valence-electron chi connectivity index (χ3n) is 2.96. The van der Waals surface area contributed by atoms with Gasteiger partial charge in [0.25, 0.3) is 5.91 Å². The highest BCUT2D eigenvalue weighted by Gasteiger charge is 2.08. The average Bonchev–Trinajstić information content (AvgIpc) is 2.37. The van der Waals surface area contributed by atoms with E-state index in [0.717, 1.165) is 11.1 Å². The maximum atomic E-state index is 12.1. The van der Waals surface area contributed by atoms with Crippen molar-refractivity contribution in [3.63, 3.8) is 0 Å². The molecule has 98 valence electrons. The highest BCUT2D eigenvalue weighted by Crippen LogP contribution is 2.20. The van der Waals surface area contributed by atoms with Crippen molar-refractivity contribution in [3.8, 4) is 0 Å². The Morgan fingerprint density at radius 1 is 1.11 bits per heavy atom. The van der Waals surface area contributed by atoms with Crippen LogP contribution in [0.4, 0.5) is 11.4 Å². The van der Waals surface area contributed by atoms with Gasteiger partial charge in [-0.25, -0.2) is 0 Å². The van der Waals surface area contributed by atoms with Crippen LogP contribution in [0.3, 0.4) is 0 Å². The first-order chi connectivity index (χ1) is 8.97. The Bertz CT molecular complexity index is 638. The van der Waals surface area contributed by atoms with Crippen molar-refractivity contribution in [1.29, 1.82) is 0 Å². The summed E-state index contributed by atoms with van der Waals surface area (Å²) in [6.45, 7) is 3.79. The number of hydrogen-bond donors (Lipinski definition) is 2. The van der Waals surface area contributed by atoms with Gasteiger partial charge in [0.1, 0.15) is 0 Å². The van der Waals surface area contributed by atoms with Crippen molar-refractivity contribution in [2.45, 2.75) is 13.8 Å². The Labute approximate surface area is 117 Å². The number of nitrogens with two attached hydrogens (primary N) is 1. The lowest BCUT2D eigenvalue weighted by Crippen LogP contribution is -2.12. The molecule has 0 aliphatic carbocycles. The van der Waals surface area contributed by atoms with E-state index >= 15 is 0 Å². The van der Waals surface area contributed by atoms with Gasteiger partial charge in [-0.1, -0.05) is 17.7 Å². The van der Waals surface area contributed by atoms with E-state index < -0.39 is 0 Å². The molecule has 0 saturated heterocycles. The summed E-state index contributed by atoms with van der Waals surface area (Å²) in [4.78, 5) is 12.1. The van der Waals surface area contributed by atoms with Crippen molar-refractivity contribution in [2.75, 3.05) is 11.1 Å². The summed E-state index contributed by atoms with van der Waals surface area (Å²) < 4.78 is 0. The summed E-state index contributed by atoms with van der Waals surface area (Å²) in [6.07, 6.45) is 0. The van der Waals surface area contributed by atoms with Gasteiger partial charge in [0.2, 0.25) is 0 Å². The van der Waals surface area contributed by atoms with Crippen LogP contribution >= 0.6 is 11.6 Å². The number of carbonyl (C=O) groups is 1. The molecule has 0 radical (unpaired) electrons. The summed E-state index contributed by atoms with van der Waals surface area (Å²) in [5.74, 6) is -0.189. The zero-order valence-corrected chi connectivity index (χ0v) is 11.6. The van der Waals surface area contributed by atoms with Crippen LogP contribution in [0.2, 0.25) is 5.02 Å². The second-order valence-electron chi connectivity index (χ2n) is 4.49. The molecular formula is C15H15ClN2O. The SMILES string of the molecule is Cc1cc(NC(=O)c2ccc(C)c(Cl)c2)ccc1N. The molecule has 2 rings (SSSR count). The molecule has 0 fully saturated rings. The van der Waals surface area contributed by atoms with Gasteiger partial charge in [0, 0.05) is 22.0 Å². The lowest BCUT2D eigenvalue weighted by atomic mass is 10.1. The van der Waals surface area contributed by atoms with Gasteiger partial charge in [-0.15, -0.1) is 0 Å². The Hall–Kier alpha value is -2.00. The lowest BCUT2D eigenvalue weighted by Gasteiger charge is -2.08. The van der Waals surface area contributed by atoms with E-state index in [1.807, 2.05) is 26.0 Å². The van der Waals surface area contributed by atoms with Crippen LogP contribution in [-0.4, -0.2) is 5.91 Å². The largest absolute Gasteiger partial charge is 0.399 e. The number of halogens is 1. The molecule has 0 heterocycles. The zero-order chi connectivity index (χ0) is 14.0. The molecule has 0 unspecified atom stereocenters. The third-order valence-corrected chi connectivity index (χ3v) is 3.37. The van der Waals surface area contributed by atoms with Gasteiger partial charge in [-0.3, -0.25) is 4.79 Å². The fraction of sp³-hybridized carbons (Fsp3) is 0.133. The molecule has 1 amide bonds. The van der Waals surface area contributed by atoms with Gasteiger partial charge in [0.05, 0.1) is 0 Å². The first-order valence-electron chi connectivity index (χ1n) is 5.91. The number of anilines is 2. The fourth-order valence-electron chi connectivity index (χ4n) is 1.69. The molecule has 0 spiro atoms. The van der Waals surface area contributed by atoms with Crippen LogP contribution in [-0.2, 0) is 0 Å². The van der Waals surface area contributed by atoms with Crippen molar-refractivity contribution in [3.05, 3.63) is 58.1 Å². The maximum Gasteiger partial charge on any atom is 0.255 e. The minimum atomic E-state index is -0.189. The number of rotatable bonds is 2. The highest BCUT2D eigenvalue weighted by atomic mass is 35.5. The lowest BCUT2D eigenvalue weighted by molar-refractivity contribution is 0.102. The van der Waals surface area contributed by atoms with E-state index in [-0.39, 0.29) is 5.91 Å². The predicted octanol–water partition coefficient (Wildman–Crippen LogP) is 3.79. The number of carbonyl (C=O) groups excluding carboxylic acids is 1. The van der Waals surface area contributed by atoms with Crippen LogP contribution in [0.5, 0.6) is 0 Å². The van der Waals surface area contributed by atoms with E-state index in [2.05, 4.69) is 5.32 Å². The van der Waals surface area contributed by atoms with E-state index in [4.69, 9.17) is 17.3 Å². The number of nitrogens with one attached hydrogen (secondary N) is 1. The maximum absolute atomic E-state index is 12.1. The van der Waals surface area contributed by atoms with Gasteiger partial charge in [0.15, 0.2) is 0 Å². The Balaban J connectivity index is 2.20. The van der Waals surface area contributed by atoms with E-state index in [0.29, 0.717) is 22.0 Å². The fourth-order valence-corrected chi connectivity index (χ4v) is 1.87. The van der Waals surface area contributed by atoms with Gasteiger partial charge in [-0.05, 0) is 55.3 Å². The summed E-state index contributed by atoms with van der Waals surface area (Å²) >= 11 is 6.01. The molecule has 0 aromatic heterocycles. The Morgan fingerprint density at radius 2 is 1.84 bits per heavy atom. The molecule has 2 aromatic carbocycles. The third kappa shape index (κ3) is 3.06. The molecule has 3 N–H and O–H groups in total. The zero-order valence-electron chi connectivity index (χ0n) is 10.8. The number of benzene rings is 2. The van der Waals surface area contributed by atoms with Crippen LogP contribution < -0.4 is 11.1 Å². The average molecular weight is 275 g/mol. The molecule has 0 aliphatic rings. The van der Waals surface area contributed by atoms with Crippen molar-refractivity contribution >= 4 is 28.9 Å². The standard InChI is InChI=1S/C15H15ClN2O/c1-9-3-4-11(8-13(9)16)15(19)18-12-5-6-14(17)10(2)7-12/h3-8H,17H2,1-2H3,(H,18,19). The predicted molar refractivity (Wildman–Crippen MR) is 79.7 cm³/mol. The summed E-state index contributed by atoms with van der Waals surface area (Å²) in [5.41, 5.74) is 9.57. The van der Waals surface area contributed by atoms with Crippen molar-refractivity contribution < 1.29 is 4.79 Å². The van der Waals surface area contributed by atoms with Crippen LogP contribution in [0.25, 0.3) is 0 Å². The topological polar surface area (TPSA) is 55.1 Å². The van der Waals surface area contributed by atoms with Gasteiger partial charge in [-0.2, -0.15) is 0 Å². The first-order valence-corrected chi connectivity index (χ1v) is 6.29.